The molecule has 1 fully saturated rings. The first-order chi connectivity index (χ1) is 7.38. The predicted octanol–water partition coefficient (Wildman–Crippen LogP) is 0.331. The monoisotopic (exact) mass is 210 g/mol. The van der Waals surface area contributed by atoms with E-state index in [0.717, 1.165) is 25.3 Å². The zero-order chi connectivity index (χ0) is 10.5. The van der Waals surface area contributed by atoms with Crippen LogP contribution < -0.4 is 10.6 Å². The van der Waals surface area contributed by atoms with Gasteiger partial charge in [0.2, 0.25) is 5.89 Å². The zero-order valence-corrected chi connectivity index (χ0v) is 9.12. The summed E-state index contributed by atoms with van der Waals surface area (Å²) in [5.74, 6) is 2.25. The number of piperidine rings is 1. The van der Waals surface area contributed by atoms with Crippen molar-refractivity contribution < 1.29 is 4.52 Å². The van der Waals surface area contributed by atoms with Gasteiger partial charge in [-0.25, -0.2) is 0 Å². The van der Waals surface area contributed by atoms with Crippen molar-refractivity contribution in [3.63, 3.8) is 0 Å². The van der Waals surface area contributed by atoms with Crippen LogP contribution in [0.5, 0.6) is 0 Å². The Labute approximate surface area is 89.6 Å². The Morgan fingerprint density at radius 2 is 2.27 bits per heavy atom. The van der Waals surface area contributed by atoms with Gasteiger partial charge in [-0.1, -0.05) is 5.16 Å². The Morgan fingerprint density at radius 1 is 1.47 bits per heavy atom. The molecule has 0 aliphatic carbocycles. The molecule has 2 rings (SSSR count). The lowest BCUT2D eigenvalue weighted by molar-refractivity contribution is 0.345. The van der Waals surface area contributed by atoms with E-state index in [1.54, 1.807) is 0 Å². The van der Waals surface area contributed by atoms with Gasteiger partial charge in [-0.3, -0.25) is 0 Å². The number of hydrogen-bond acceptors (Lipinski definition) is 5. The molecule has 0 saturated carbocycles. The molecule has 0 spiro atoms. The third-order valence-corrected chi connectivity index (χ3v) is 2.77. The molecule has 1 aliphatic heterocycles. The molecule has 15 heavy (non-hydrogen) atoms. The molecule has 0 amide bonds. The van der Waals surface area contributed by atoms with Gasteiger partial charge in [-0.05, 0) is 38.9 Å². The summed E-state index contributed by atoms with van der Waals surface area (Å²) < 4.78 is 5.11. The number of rotatable bonds is 4. The molecule has 5 heteroatoms. The van der Waals surface area contributed by atoms with E-state index >= 15 is 0 Å². The highest BCUT2D eigenvalue weighted by molar-refractivity contribution is 4.89. The van der Waals surface area contributed by atoms with Gasteiger partial charge in [0.05, 0.1) is 6.54 Å². The van der Waals surface area contributed by atoms with Crippen molar-refractivity contribution in [3.8, 4) is 0 Å². The SMILES string of the molecule is CNCc1nc(CC2CCNCC2)no1. The van der Waals surface area contributed by atoms with Crippen molar-refractivity contribution in [2.24, 2.45) is 5.92 Å². The maximum Gasteiger partial charge on any atom is 0.240 e. The molecule has 0 radical (unpaired) electrons. The van der Waals surface area contributed by atoms with Gasteiger partial charge in [-0.2, -0.15) is 4.98 Å². The number of nitrogens with one attached hydrogen (secondary N) is 2. The molecule has 5 nitrogen and oxygen atoms in total. The average molecular weight is 210 g/mol. The lowest BCUT2D eigenvalue weighted by Crippen LogP contribution is -2.28. The summed E-state index contributed by atoms with van der Waals surface area (Å²) in [5.41, 5.74) is 0. The van der Waals surface area contributed by atoms with E-state index in [4.69, 9.17) is 4.52 Å². The van der Waals surface area contributed by atoms with Gasteiger partial charge in [-0.15, -0.1) is 0 Å². The number of nitrogens with zero attached hydrogens (tertiary/aromatic N) is 2. The Hall–Kier alpha value is -0.940. The van der Waals surface area contributed by atoms with E-state index in [2.05, 4.69) is 20.8 Å². The molecule has 1 aromatic heterocycles. The van der Waals surface area contributed by atoms with Crippen LogP contribution in [0.1, 0.15) is 24.6 Å². The lowest BCUT2D eigenvalue weighted by atomic mass is 9.94. The largest absolute Gasteiger partial charge is 0.338 e. The maximum absolute atomic E-state index is 5.11. The van der Waals surface area contributed by atoms with E-state index in [1.807, 2.05) is 7.05 Å². The highest BCUT2D eigenvalue weighted by Crippen LogP contribution is 2.16. The Morgan fingerprint density at radius 3 is 3.00 bits per heavy atom. The molecular weight excluding hydrogens is 192 g/mol. The van der Waals surface area contributed by atoms with E-state index in [9.17, 15) is 0 Å². The summed E-state index contributed by atoms with van der Waals surface area (Å²) in [5, 5.41) is 10.3. The summed E-state index contributed by atoms with van der Waals surface area (Å²) in [7, 11) is 1.87. The van der Waals surface area contributed by atoms with E-state index < -0.39 is 0 Å². The first kappa shape index (κ1) is 10.6. The van der Waals surface area contributed by atoms with Gasteiger partial charge in [0.1, 0.15) is 0 Å². The molecule has 1 aliphatic rings. The van der Waals surface area contributed by atoms with Crippen molar-refractivity contribution >= 4 is 0 Å². The van der Waals surface area contributed by atoms with Crippen LogP contribution in [0.2, 0.25) is 0 Å². The van der Waals surface area contributed by atoms with Gasteiger partial charge < -0.3 is 15.2 Å². The second-order valence-corrected chi connectivity index (χ2v) is 4.03. The first-order valence-corrected chi connectivity index (χ1v) is 5.55. The second kappa shape index (κ2) is 5.23. The molecule has 2 heterocycles. The first-order valence-electron chi connectivity index (χ1n) is 5.55. The van der Waals surface area contributed by atoms with Crippen molar-refractivity contribution in [1.82, 2.24) is 20.8 Å². The van der Waals surface area contributed by atoms with Crippen LogP contribution in [-0.4, -0.2) is 30.3 Å². The third-order valence-electron chi connectivity index (χ3n) is 2.77. The second-order valence-electron chi connectivity index (χ2n) is 4.03. The van der Waals surface area contributed by atoms with Crippen LogP contribution in [0, 0.1) is 5.92 Å². The molecule has 84 valence electrons. The normalized spacial score (nSPS) is 18.2. The molecule has 0 unspecified atom stereocenters. The highest BCUT2D eigenvalue weighted by atomic mass is 16.5. The van der Waals surface area contributed by atoms with Crippen LogP contribution in [0.15, 0.2) is 4.52 Å². The summed E-state index contributed by atoms with van der Waals surface area (Å²) >= 11 is 0. The third kappa shape index (κ3) is 3.00. The zero-order valence-electron chi connectivity index (χ0n) is 9.12. The molecule has 1 saturated heterocycles. The van der Waals surface area contributed by atoms with Gasteiger partial charge in [0, 0.05) is 6.42 Å². The summed E-state index contributed by atoms with van der Waals surface area (Å²) in [6.07, 6.45) is 3.39. The average Bonchev–Trinajstić information content (AvgIpc) is 2.68. The van der Waals surface area contributed by atoms with Crippen molar-refractivity contribution in [2.45, 2.75) is 25.8 Å². The summed E-state index contributed by atoms with van der Waals surface area (Å²) in [6, 6.07) is 0. The molecular formula is C10H18N4O. The van der Waals surface area contributed by atoms with E-state index in [1.165, 1.54) is 12.8 Å². The van der Waals surface area contributed by atoms with Gasteiger partial charge >= 0.3 is 0 Å². The minimum absolute atomic E-state index is 0.652. The molecule has 1 aromatic rings. The van der Waals surface area contributed by atoms with Crippen molar-refractivity contribution in [3.05, 3.63) is 11.7 Å². The smallest absolute Gasteiger partial charge is 0.240 e. The molecule has 0 atom stereocenters. The summed E-state index contributed by atoms with van der Waals surface area (Å²) in [4.78, 5) is 4.33. The minimum atomic E-state index is 0.652. The Bertz CT molecular complexity index is 293. The van der Waals surface area contributed by atoms with Crippen LogP contribution in [0.4, 0.5) is 0 Å². The quantitative estimate of drug-likeness (QED) is 0.750. The van der Waals surface area contributed by atoms with Crippen molar-refractivity contribution in [1.29, 1.82) is 0 Å². The van der Waals surface area contributed by atoms with E-state index in [0.29, 0.717) is 18.4 Å². The summed E-state index contributed by atoms with van der Waals surface area (Å²) in [6.45, 7) is 2.89. The van der Waals surface area contributed by atoms with Crippen LogP contribution in [0.25, 0.3) is 0 Å². The topological polar surface area (TPSA) is 63.0 Å². The highest BCUT2D eigenvalue weighted by Gasteiger charge is 2.16. The maximum atomic E-state index is 5.11. The Balaban J connectivity index is 1.86. The van der Waals surface area contributed by atoms with Gasteiger partial charge in [0.15, 0.2) is 5.82 Å². The minimum Gasteiger partial charge on any atom is -0.338 e. The van der Waals surface area contributed by atoms with Gasteiger partial charge in [0.25, 0.3) is 0 Å². The van der Waals surface area contributed by atoms with Crippen molar-refractivity contribution in [2.75, 3.05) is 20.1 Å². The predicted molar refractivity (Wildman–Crippen MR) is 56.4 cm³/mol. The molecule has 0 aromatic carbocycles. The van der Waals surface area contributed by atoms with Crippen LogP contribution in [0.3, 0.4) is 0 Å². The number of hydrogen-bond donors (Lipinski definition) is 2. The van der Waals surface area contributed by atoms with Crippen LogP contribution in [-0.2, 0) is 13.0 Å². The molecule has 2 N–H and O–H groups in total. The molecule has 0 bridgehead atoms. The fourth-order valence-electron chi connectivity index (χ4n) is 1.94. The Kier molecular flexibility index (Phi) is 3.69. The fourth-order valence-corrected chi connectivity index (χ4v) is 1.94. The number of aromatic nitrogens is 2. The van der Waals surface area contributed by atoms with E-state index in [-0.39, 0.29) is 0 Å². The standard InChI is InChI=1S/C10H18N4O/c1-11-7-10-13-9(14-15-10)6-8-2-4-12-5-3-8/h8,11-12H,2-7H2,1H3. The lowest BCUT2D eigenvalue weighted by Gasteiger charge is -2.20. The van der Waals surface area contributed by atoms with Crippen LogP contribution >= 0.6 is 0 Å². The fraction of sp³-hybridized carbons (Fsp3) is 0.800.